The highest BCUT2D eigenvalue weighted by atomic mass is 79.9. The minimum absolute atomic E-state index is 0.189. The molecule has 4 heteroatoms. The van der Waals surface area contributed by atoms with Crippen LogP contribution in [0.5, 0.6) is 0 Å². The number of aryl methyl sites for hydroxylation is 2. The van der Waals surface area contributed by atoms with Crippen molar-refractivity contribution < 1.29 is 0 Å². The van der Waals surface area contributed by atoms with Gasteiger partial charge in [-0.05, 0) is 50.1 Å². The van der Waals surface area contributed by atoms with Crippen molar-refractivity contribution in [2.45, 2.75) is 39.8 Å². The lowest BCUT2D eigenvalue weighted by molar-refractivity contribution is 0.529. The van der Waals surface area contributed by atoms with Crippen molar-refractivity contribution >= 4 is 15.9 Å². The van der Waals surface area contributed by atoms with E-state index in [1.165, 1.54) is 16.8 Å². The Balaban J connectivity index is 2.38. The third kappa shape index (κ3) is 3.30. The Labute approximate surface area is 129 Å². The van der Waals surface area contributed by atoms with E-state index in [0.29, 0.717) is 0 Å². The van der Waals surface area contributed by atoms with Crippen LogP contribution in [-0.2, 0) is 6.54 Å². The average molecular weight is 336 g/mol. The summed E-state index contributed by atoms with van der Waals surface area (Å²) in [5, 5.41) is 8.02. The van der Waals surface area contributed by atoms with Gasteiger partial charge in [-0.15, -0.1) is 0 Å². The van der Waals surface area contributed by atoms with Crippen molar-refractivity contribution in [1.82, 2.24) is 15.1 Å². The normalized spacial score (nSPS) is 12.6. The Hall–Kier alpha value is -1.13. The molecule has 0 aliphatic carbocycles. The maximum atomic E-state index is 4.39. The first-order chi connectivity index (χ1) is 9.67. The first-order valence-electron chi connectivity index (χ1n) is 7.18. The fraction of sp³-hybridized carbons (Fsp3) is 0.438. The fourth-order valence-electron chi connectivity index (χ4n) is 2.32. The Morgan fingerprint density at radius 1 is 1.30 bits per heavy atom. The van der Waals surface area contributed by atoms with Gasteiger partial charge in [0.25, 0.3) is 0 Å². The molecule has 2 rings (SSSR count). The van der Waals surface area contributed by atoms with Crippen LogP contribution < -0.4 is 5.32 Å². The molecule has 0 saturated heterocycles. The highest BCUT2D eigenvalue weighted by molar-refractivity contribution is 9.10. The van der Waals surface area contributed by atoms with E-state index < -0.39 is 0 Å². The van der Waals surface area contributed by atoms with Gasteiger partial charge in [0.05, 0.1) is 11.7 Å². The summed E-state index contributed by atoms with van der Waals surface area (Å²) in [7, 11) is 0. The zero-order valence-electron chi connectivity index (χ0n) is 12.4. The van der Waals surface area contributed by atoms with Crippen molar-refractivity contribution in [1.29, 1.82) is 0 Å². The molecule has 1 heterocycles. The Morgan fingerprint density at radius 2 is 2.10 bits per heavy atom. The number of nitrogens with one attached hydrogen (secondary N) is 1. The summed E-state index contributed by atoms with van der Waals surface area (Å²) in [6.45, 7) is 8.30. The van der Waals surface area contributed by atoms with Crippen molar-refractivity contribution in [3.8, 4) is 0 Å². The van der Waals surface area contributed by atoms with Crippen LogP contribution in [0.4, 0.5) is 0 Å². The zero-order valence-corrected chi connectivity index (χ0v) is 13.9. The molecule has 0 radical (unpaired) electrons. The molecule has 1 aromatic carbocycles. The van der Waals surface area contributed by atoms with Crippen molar-refractivity contribution in [2.75, 3.05) is 6.54 Å². The van der Waals surface area contributed by atoms with Crippen LogP contribution in [0.2, 0.25) is 0 Å². The minimum atomic E-state index is 0.189. The molecular weight excluding hydrogens is 314 g/mol. The molecule has 1 aromatic heterocycles. The van der Waals surface area contributed by atoms with E-state index in [0.717, 1.165) is 24.0 Å². The van der Waals surface area contributed by atoms with Crippen molar-refractivity contribution in [3.63, 3.8) is 0 Å². The van der Waals surface area contributed by atoms with E-state index in [9.17, 15) is 0 Å². The molecular formula is C16H22BrN3. The summed E-state index contributed by atoms with van der Waals surface area (Å²) >= 11 is 3.63. The summed E-state index contributed by atoms with van der Waals surface area (Å²) in [5.41, 5.74) is 3.75. The lowest BCUT2D eigenvalue weighted by Crippen LogP contribution is -2.25. The lowest BCUT2D eigenvalue weighted by Gasteiger charge is -2.21. The Morgan fingerprint density at radius 3 is 2.75 bits per heavy atom. The standard InChI is InChI=1S/C16H22BrN3/c1-4-9-18-16(15-8-10-19-20(15)5-2)13-7-6-12(3)14(17)11-13/h6-8,10-11,16,18H,4-5,9H2,1-3H3. The van der Waals surface area contributed by atoms with Gasteiger partial charge in [0.1, 0.15) is 0 Å². The summed E-state index contributed by atoms with van der Waals surface area (Å²) in [4.78, 5) is 0. The molecule has 0 saturated carbocycles. The second-order valence-corrected chi connectivity index (χ2v) is 5.82. The van der Waals surface area contributed by atoms with Gasteiger partial charge in [-0.1, -0.05) is 35.0 Å². The molecule has 3 nitrogen and oxygen atoms in total. The number of benzene rings is 1. The number of hydrogen-bond acceptors (Lipinski definition) is 2. The molecule has 20 heavy (non-hydrogen) atoms. The number of hydrogen-bond donors (Lipinski definition) is 1. The predicted octanol–water partition coefficient (Wildman–Crippen LogP) is 4.06. The van der Waals surface area contributed by atoms with Gasteiger partial charge in [-0.3, -0.25) is 4.68 Å². The highest BCUT2D eigenvalue weighted by Gasteiger charge is 2.17. The molecule has 0 amide bonds. The fourth-order valence-corrected chi connectivity index (χ4v) is 2.72. The van der Waals surface area contributed by atoms with Crippen LogP contribution in [0.15, 0.2) is 34.9 Å². The van der Waals surface area contributed by atoms with E-state index in [1.807, 2.05) is 6.20 Å². The molecule has 108 valence electrons. The monoisotopic (exact) mass is 335 g/mol. The van der Waals surface area contributed by atoms with Crippen molar-refractivity contribution in [3.05, 3.63) is 51.8 Å². The maximum absolute atomic E-state index is 4.39. The third-order valence-corrected chi connectivity index (χ3v) is 4.33. The second-order valence-electron chi connectivity index (χ2n) is 4.97. The van der Waals surface area contributed by atoms with E-state index in [4.69, 9.17) is 0 Å². The maximum Gasteiger partial charge on any atom is 0.0748 e. The van der Waals surface area contributed by atoms with Gasteiger partial charge in [0, 0.05) is 17.2 Å². The summed E-state index contributed by atoms with van der Waals surface area (Å²) < 4.78 is 3.21. The summed E-state index contributed by atoms with van der Waals surface area (Å²) in [5.74, 6) is 0. The zero-order chi connectivity index (χ0) is 14.5. The van der Waals surface area contributed by atoms with Gasteiger partial charge >= 0.3 is 0 Å². The van der Waals surface area contributed by atoms with E-state index >= 15 is 0 Å². The topological polar surface area (TPSA) is 29.9 Å². The molecule has 1 N–H and O–H groups in total. The van der Waals surface area contributed by atoms with Crippen LogP contribution in [0.25, 0.3) is 0 Å². The third-order valence-electron chi connectivity index (χ3n) is 3.47. The van der Waals surface area contributed by atoms with Gasteiger partial charge in [0.2, 0.25) is 0 Å². The van der Waals surface area contributed by atoms with Crippen molar-refractivity contribution in [2.24, 2.45) is 0 Å². The molecule has 1 atom stereocenters. The van der Waals surface area contributed by atoms with Crippen LogP contribution in [-0.4, -0.2) is 16.3 Å². The Bertz CT molecular complexity index is 563. The first kappa shape index (κ1) is 15.3. The minimum Gasteiger partial charge on any atom is -0.305 e. The molecule has 1 unspecified atom stereocenters. The quantitative estimate of drug-likeness (QED) is 0.862. The van der Waals surface area contributed by atoms with Crippen LogP contribution in [0.1, 0.15) is 43.1 Å². The first-order valence-corrected chi connectivity index (χ1v) is 7.97. The molecule has 0 fully saturated rings. The second kappa shape index (κ2) is 7.04. The van der Waals surface area contributed by atoms with Crippen LogP contribution >= 0.6 is 15.9 Å². The smallest absolute Gasteiger partial charge is 0.0748 e. The van der Waals surface area contributed by atoms with E-state index in [2.05, 4.69) is 76.1 Å². The van der Waals surface area contributed by atoms with Gasteiger partial charge < -0.3 is 5.32 Å². The Kier molecular flexibility index (Phi) is 5.38. The number of nitrogens with zero attached hydrogens (tertiary/aromatic N) is 2. The largest absolute Gasteiger partial charge is 0.305 e. The SMILES string of the molecule is CCCNC(c1ccc(C)c(Br)c1)c1ccnn1CC. The average Bonchev–Trinajstić information content (AvgIpc) is 2.91. The lowest BCUT2D eigenvalue weighted by atomic mass is 10.0. The van der Waals surface area contributed by atoms with E-state index in [-0.39, 0.29) is 6.04 Å². The molecule has 0 spiro atoms. The molecule has 2 aromatic rings. The van der Waals surface area contributed by atoms with Crippen LogP contribution in [0.3, 0.4) is 0 Å². The summed E-state index contributed by atoms with van der Waals surface area (Å²) in [6.07, 6.45) is 2.99. The summed E-state index contributed by atoms with van der Waals surface area (Å²) in [6, 6.07) is 8.85. The molecule has 0 aliphatic rings. The van der Waals surface area contributed by atoms with Gasteiger partial charge in [0.15, 0.2) is 0 Å². The van der Waals surface area contributed by atoms with Gasteiger partial charge in [-0.25, -0.2) is 0 Å². The predicted molar refractivity (Wildman–Crippen MR) is 86.9 cm³/mol. The number of aromatic nitrogens is 2. The van der Waals surface area contributed by atoms with Gasteiger partial charge in [-0.2, -0.15) is 5.10 Å². The van der Waals surface area contributed by atoms with E-state index in [1.54, 1.807) is 0 Å². The molecule has 0 aliphatic heterocycles. The number of halogens is 1. The molecule has 0 bridgehead atoms. The number of rotatable bonds is 6. The van der Waals surface area contributed by atoms with Crippen LogP contribution in [0, 0.1) is 6.92 Å². The highest BCUT2D eigenvalue weighted by Crippen LogP contribution is 2.26.